The number of nitriles is 1. The number of benzene rings is 1. The number of nitrogens with zero attached hydrogens (tertiary/aromatic N) is 3. The monoisotopic (exact) mass is 345 g/mol. The lowest BCUT2D eigenvalue weighted by molar-refractivity contribution is 0.0721. The van der Waals surface area contributed by atoms with Gasteiger partial charge in [0, 0.05) is 12.3 Å². The normalized spacial score (nSPS) is 15.3. The van der Waals surface area contributed by atoms with Gasteiger partial charge >= 0.3 is 0 Å². The van der Waals surface area contributed by atoms with Gasteiger partial charge in [0.05, 0.1) is 30.7 Å². The molecule has 1 saturated heterocycles. The zero-order chi connectivity index (χ0) is 17.2. The van der Waals surface area contributed by atoms with Crippen molar-refractivity contribution in [2.24, 2.45) is 0 Å². The third kappa shape index (κ3) is 3.18. The minimum absolute atomic E-state index is 0.221. The Bertz CT molecular complexity index is 852. The Labute approximate surface area is 140 Å². The molecule has 0 amide bonds. The van der Waals surface area contributed by atoms with Gasteiger partial charge < -0.3 is 9.47 Å². The van der Waals surface area contributed by atoms with Gasteiger partial charge in [0.1, 0.15) is 17.9 Å². The van der Waals surface area contributed by atoms with Crippen LogP contribution in [0.15, 0.2) is 47.5 Å². The molecular formula is C16H15N3O4S. The third-order valence-electron chi connectivity index (χ3n) is 3.66. The average molecular weight is 345 g/mol. The van der Waals surface area contributed by atoms with Gasteiger partial charge in [-0.2, -0.15) is 9.57 Å². The summed E-state index contributed by atoms with van der Waals surface area (Å²) >= 11 is 0. The van der Waals surface area contributed by atoms with Gasteiger partial charge in [-0.3, -0.25) is 0 Å². The van der Waals surface area contributed by atoms with E-state index in [0.717, 1.165) is 0 Å². The van der Waals surface area contributed by atoms with E-state index in [0.29, 0.717) is 17.2 Å². The van der Waals surface area contributed by atoms with Crippen molar-refractivity contribution in [1.29, 1.82) is 5.26 Å². The van der Waals surface area contributed by atoms with E-state index in [9.17, 15) is 8.42 Å². The second kappa shape index (κ2) is 6.47. The maximum absolute atomic E-state index is 12.5. The zero-order valence-corrected chi connectivity index (χ0v) is 13.7. The summed E-state index contributed by atoms with van der Waals surface area (Å²) in [6, 6.07) is 11.4. The number of sulfonamides is 1. The molecule has 0 N–H and O–H groups in total. The van der Waals surface area contributed by atoms with Gasteiger partial charge in [0.25, 0.3) is 0 Å². The molecule has 0 unspecified atom stereocenters. The first-order chi connectivity index (χ1) is 11.5. The predicted molar refractivity (Wildman–Crippen MR) is 85.1 cm³/mol. The van der Waals surface area contributed by atoms with E-state index in [4.69, 9.17) is 14.7 Å². The van der Waals surface area contributed by atoms with Crippen LogP contribution in [-0.2, 0) is 10.0 Å². The fourth-order valence-corrected chi connectivity index (χ4v) is 3.76. The van der Waals surface area contributed by atoms with Crippen molar-refractivity contribution in [3.8, 4) is 17.7 Å². The molecule has 1 aliphatic rings. The maximum Gasteiger partial charge on any atom is 0.243 e. The maximum atomic E-state index is 12.5. The van der Waals surface area contributed by atoms with Crippen LogP contribution in [0, 0.1) is 11.3 Å². The van der Waals surface area contributed by atoms with Crippen molar-refractivity contribution in [1.82, 2.24) is 9.29 Å². The van der Waals surface area contributed by atoms with E-state index in [1.807, 2.05) is 6.07 Å². The van der Waals surface area contributed by atoms with E-state index in [1.165, 1.54) is 29.7 Å². The molecular weight excluding hydrogens is 330 g/mol. The molecule has 1 aliphatic heterocycles. The summed E-state index contributed by atoms with van der Waals surface area (Å²) in [6.07, 6.45) is 1.17. The van der Waals surface area contributed by atoms with Crippen molar-refractivity contribution < 1.29 is 17.9 Å². The Morgan fingerprint density at radius 2 is 1.92 bits per heavy atom. The highest BCUT2D eigenvalue weighted by Gasteiger charge is 2.38. The van der Waals surface area contributed by atoms with Crippen LogP contribution in [0.5, 0.6) is 11.6 Å². The van der Waals surface area contributed by atoms with Crippen molar-refractivity contribution in [2.75, 3.05) is 20.2 Å². The molecule has 1 fully saturated rings. The highest BCUT2D eigenvalue weighted by atomic mass is 32.2. The summed E-state index contributed by atoms with van der Waals surface area (Å²) < 4.78 is 36.9. The molecule has 2 aromatic rings. The highest BCUT2D eigenvalue weighted by Crippen LogP contribution is 2.25. The summed E-state index contributed by atoms with van der Waals surface area (Å²) in [5.74, 6) is 0.978. The minimum atomic E-state index is -3.53. The van der Waals surface area contributed by atoms with Crippen molar-refractivity contribution in [3.63, 3.8) is 0 Å². The number of rotatable bonds is 5. The van der Waals surface area contributed by atoms with Crippen LogP contribution >= 0.6 is 0 Å². The van der Waals surface area contributed by atoms with Crippen LogP contribution < -0.4 is 9.47 Å². The first-order valence-electron chi connectivity index (χ1n) is 7.20. The number of hydrogen-bond donors (Lipinski definition) is 0. The summed E-state index contributed by atoms with van der Waals surface area (Å²) in [5, 5.41) is 8.72. The minimum Gasteiger partial charge on any atom is -0.497 e. The Balaban J connectivity index is 1.61. The molecule has 0 radical (unpaired) electrons. The van der Waals surface area contributed by atoms with Gasteiger partial charge in [-0.25, -0.2) is 13.4 Å². The van der Waals surface area contributed by atoms with Crippen molar-refractivity contribution in [3.05, 3.63) is 48.2 Å². The molecule has 24 heavy (non-hydrogen) atoms. The van der Waals surface area contributed by atoms with Gasteiger partial charge in [-0.1, -0.05) is 0 Å². The molecule has 8 heteroatoms. The first-order valence-corrected chi connectivity index (χ1v) is 8.64. The standard InChI is InChI=1S/C16H15N3O4S/c1-22-13-3-5-15(6-4-13)24(20,21)19-10-14(11-19)23-16-7-2-12(8-17)9-18-16/h2-7,9,14H,10-11H2,1H3. The van der Waals surface area contributed by atoms with Crippen molar-refractivity contribution >= 4 is 10.0 Å². The van der Waals surface area contributed by atoms with Gasteiger partial charge in [-0.05, 0) is 30.3 Å². The fourth-order valence-electron chi connectivity index (χ4n) is 2.26. The summed E-state index contributed by atoms with van der Waals surface area (Å²) in [6.45, 7) is 0.520. The molecule has 1 aromatic carbocycles. The van der Waals surface area contributed by atoms with Crippen LogP contribution in [0.2, 0.25) is 0 Å². The lowest BCUT2D eigenvalue weighted by Crippen LogP contribution is -2.56. The topological polar surface area (TPSA) is 92.5 Å². The second-order valence-corrected chi connectivity index (χ2v) is 7.17. The Hall–Kier alpha value is -2.63. The number of ether oxygens (including phenoxy) is 2. The largest absolute Gasteiger partial charge is 0.497 e. The lowest BCUT2D eigenvalue weighted by Gasteiger charge is -2.37. The first kappa shape index (κ1) is 16.2. The van der Waals surface area contributed by atoms with E-state index < -0.39 is 10.0 Å². The Morgan fingerprint density at radius 3 is 2.46 bits per heavy atom. The van der Waals surface area contributed by atoms with Gasteiger partial charge in [0.2, 0.25) is 15.9 Å². The molecule has 0 bridgehead atoms. The summed E-state index contributed by atoms with van der Waals surface area (Å²) in [5.41, 5.74) is 0.444. The number of aromatic nitrogens is 1. The number of pyridine rings is 1. The van der Waals surface area contributed by atoms with E-state index in [-0.39, 0.29) is 24.1 Å². The molecule has 124 valence electrons. The van der Waals surface area contributed by atoms with Crippen molar-refractivity contribution in [2.45, 2.75) is 11.0 Å². The average Bonchev–Trinajstić information content (AvgIpc) is 2.58. The molecule has 2 heterocycles. The lowest BCUT2D eigenvalue weighted by atomic mass is 10.2. The smallest absolute Gasteiger partial charge is 0.243 e. The molecule has 3 rings (SSSR count). The molecule has 0 aliphatic carbocycles. The second-order valence-electron chi connectivity index (χ2n) is 5.23. The molecule has 0 saturated carbocycles. The summed E-state index contributed by atoms with van der Waals surface area (Å²) in [7, 11) is -2.00. The van der Waals surface area contributed by atoms with Crippen LogP contribution in [-0.4, -0.2) is 44.0 Å². The van der Waals surface area contributed by atoms with Crippen LogP contribution in [0.25, 0.3) is 0 Å². The van der Waals surface area contributed by atoms with E-state index in [2.05, 4.69) is 4.98 Å². The Morgan fingerprint density at radius 1 is 1.21 bits per heavy atom. The number of methoxy groups -OCH3 is 1. The SMILES string of the molecule is COc1ccc(S(=O)(=O)N2CC(Oc3ccc(C#N)cn3)C2)cc1. The predicted octanol–water partition coefficient (Wildman–Crippen LogP) is 1.41. The van der Waals surface area contributed by atoms with E-state index >= 15 is 0 Å². The molecule has 7 nitrogen and oxygen atoms in total. The zero-order valence-electron chi connectivity index (χ0n) is 12.9. The van der Waals surface area contributed by atoms with Gasteiger partial charge in [-0.15, -0.1) is 0 Å². The van der Waals surface area contributed by atoms with Crippen LogP contribution in [0.4, 0.5) is 0 Å². The number of hydrogen-bond acceptors (Lipinski definition) is 6. The Kier molecular flexibility index (Phi) is 4.38. The van der Waals surface area contributed by atoms with Crippen LogP contribution in [0.1, 0.15) is 5.56 Å². The molecule has 0 spiro atoms. The highest BCUT2D eigenvalue weighted by molar-refractivity contribution is 7.89. The van der Waals surface area contributed by atoms with Gasteiger partial charge in [0.15, 0.2) is 0 Å². The molecule has 1 aromatic heterocycles. The fraction of sp³-hybridized carbons (Fsp3) is 0.250. The molecule has 0 atom stereocenters. The van der Waals surface area contributed by atoms with E-state index in [1.54, 1.807) is 24.3 Å². The third-order valence-corrected chi connectivity index (χ3v) is 5.51. The summed E-state index contributed by atoms with van der Waals surface area (Å²) in [4.78, 5) is 4.23. The quantitative estimate of drug-likeness (QED) is 0.813. The van der Waals surface area contributed by atoms with Crippen LogP contribution in [0.3, 0.4) is 0 Å².